The van der Waals surface area contributed by atoms with E-state index in [1.807, 2.05) is 32.0 Å². The maximum Gasteiger partial charge on any atom is 0.272 e. The molecule has 1 aromatic carbocycles. The van der Waals surface area contributed by atoms with E-state index >= 15 is 0 Å². The Kier molecular flexibility index (Phi) is 5.54. The predicted molar refractivity (Wildman–Crippen MR) is 97.7 cm³/mol. The van der Waals surface area contributed by atoms with E-state index in [1.54, 1.807) is 11.0 Å². The molecule has 0 aliphatic carbocycles. The second kappa shape index (κ2) is 7.43. The molecule has 0 saturated heterocycles. The van der Waals surface area contributed by atoms with Crippen LogP contribution in [0, 0.1) is 0 Å². The average Bonchev–Trinajstić information content (AvgIpc) is 2.55. The molecule has 2 aromatic rings. The summed E-state index contributed by atoms with van der Waals surface area (Å²) in [4.78, 5) is 22.6. The Morgan fingerprint density at radius 1 is 1.12 bits per heavy atom. The number of benzene rings is 1. The molecule has 128 valence electrons. The summed E-state index contributed by atoms with van der Waals surface area (Å²) in [5.74, 6) is 0.548. The number of aromatic nitrogens is 2. The second-order valence-corrected chi connectivity index (χ2v) is 6.69. The molecule has 5 heteroatoms. The molecule has 0 aliphatic rings. The first-order valence-electron chi connectivity index (χ1n) is 8.34. The fourth-order valence-electron chi connectivity index (χ4n) is 2.60. The van der Waals surface area contributed by atoms with Crippen molar-refractivity contribution in [3.8, 4) is 0 Å². The van der Waals surface area contributed by atoms with Crippen LogP contribution in [0.4, 0.5) is 11.5 Å². The minimum atomic E-state index is -0.0745. The van der Waals surface area contributed by atoms with Crippen LogP contribution in [0.2, 0.25) is 0 Å². The molecule has 24 heavy (non-hydrogen) atoms. The molecular weight excluding hydrogens is 300 g/mol. The van der Waals surface area contributed by atoms with E-state index in [4.69, 9.17) is 0 Å². The van der Waals surface area contributed by atoms with Gasteiger partial charge in [0.1, 0.15) is 17.8 Å². The zero-order valence-electron chi connectivity index (χ0n) is 15.1. The molecule has 0 fully saturated rings. The van der Waals surface area contributed by atoms with Crippen LogP contribution in [0.3, 0.4) is 0 Å². The fourth-order valence-corrected chi connectivity index (χ4v) is 2.60. The highest BCUT2D eigenvalue weighted by molar-refractivity contribution is 5.93. The van der Waals surface area contributed by atoms with Gasteiger partial charge in [-0.1, -0.05) is 39.0 Å². The van der Waals surface area contributed by atoms with E-state index in [-0.39, 0.29) is 11.3 Å². The van der Waals surface area contributed by atoms with Crippen LogP contribution in [0.25, 0.3) is 0 Å². The van der Waals surface area contributed by atoms with Crippen molar-refractivity contribution in [2.45, 2.75) is 40.0 Å². The van der Waals surface area contributed by atoms with E-state index < -0.39 is 0 Å². The first-order valence-corrected chi connectivity index (χ1v) is 8.34. The van der Waals surface area contributed by atoms with Crippen LogP contribution in [-0.4, -0.2) is 33.9 Å². The lowest BCUT2D eigenvalue weighted by molar-refractivity contribution is 0.0767. The lowest BCUT2D eigenvalue weighted by Crippen LogP contribution is -2.31. The smallest absolute Gasteiger partial charge is 0.272 e. The van der Waals surface area contributed by atoms with E-state index in [1.165, 1.54) is 11.9 Å². The number of hydrogen-bond donors (Lipinski definition) is 1. The van der Waals surface area contributed by atoms with Crippen LogP contribution >= 0.6 is 0 Å². The third-order valence-corrected chi connectivity index (χ3v) is 3.93. The normalized spacial score (nSPS) is 11.2. The van der Waals surface area contributed by atoms with Gasteiger partial charge in [0.2, 0.25) is 0 Å². The van der Waals surface area contributed by atoms with Gasteiger partial charge in [-0.3, -0.25) is 4.79 Å². The number of anilines is 2. The number of nitrogens with one attached hydrogen (secondary N) is 1. The number of hydrogen-bond acceptors (Lipinski definition) is 4. The van der Waals surface area contributed by atoms with E-state index in [9.17, 15) is 4.79 Å². The van der Waals surface area contributed by atoms with Crippen LogP contribution in [0.1, 0.15) is 50.7 Å². The quantitative estimate of drug-likeness (QED) is 0.902. The lowest BCUT2D eigenvalue weighted by Gasteiger charge is -2.23. The van der Waals surface area contributed by atoms with Crippen molar-refractivity contribution < 1.29 is 4.79 Å². The largest absolute Gasteiger partial charge is 0.340 e. The summed E-state index contributed by atoms with van der Waals surface area (Å²) < 4.78 is 0. The van der Waals surface area contributed by atoms with E-state index in [0.29, 0.717) is 24.6 Å². The van der Waals surface area contributed by atoms with Crippen molar-refractivity contribution in [3.63, 3.8) is 0 Å². The molecule has 0 atom stereocenters. The summed E-state index contributed by atoms with van der Waals surface area (Å²) in [6.45, 7) is 11.8. The summed E-state index contributed by atoms with van der Waals surface area (Å²) in [5, 5.41) is 3.33. The molecule has 2 rings (SSSR count). The van der Waals surface area contributed by atoms with Crippen molar-refractivity contribution in [2.24, 2.45) is 0 Å². The van der Waals surface area contributed by atoms with E-state index in [0.717, 1.165) is 5.69 Å². The minimum absolute atomic E-state index is 0.0104. The molecule has 0 radical (unpaired) electrons. The molecule has 5 nitrogen and oxygen atoms in total. The second-order valence-electron chi connectivity index (χ2n) is 6.69. The molecule has 1 aromatic heterocycles. The molecular formula is C19H26N4O. The van der Waals surface area contributed by atoms with Gasteiger partial charge in [-0.25, -0.2) is 9.97 Å². The van der Waals surface area contributed by atoms with Crippen molar-refractivity contribution in [2.75, 3.05) is 18.4 Å². The maximum absolute atomic E-state index is 12.4. The van der Waals surface area contributed by atoms with Gasteiger partial charge in [0.05, 0.1) is 0 Å². The molecule has 1 heterocycles. The first kappa shape index (κ1) is 17.9. The third kappa shape index (κ3) is 4.10. The molecule has 1 N–H and O–H groups in total. The van der Waals surface area contributed by atoms with Crippen molar-refractivity contribution in [3.05, 3.63) is 47.9 Å². The van der Waals surface area contributed by atoms with Crippen LogP contribution in [0.15, 0.2) is 36.7 Å². The SMILES string of the molecule is CCN(CC)C(=O)c1cc(Nc2ccccc2C(C)(C)C)ncn1. The Labute approximate surface area is 144 Å². The van der Waals surface area contributed by atoms with Crippen LogP contribution in [-0.2, 0) is 5.41 Å². The van der Waals surface area contributed by atoms with Crippen LogP contribution < -0.4 is 5.32 Å². The lowest BCUT2D eigenvalue weighted by atomic mass is 9.86. The predicted octanol–water partition coefficient (Wildman–Crippen LogP) is 4.00. The average molecular weight is 326 g/mol. The highest BCUT2D eigenvalue weighted by Gasteiger charge is 2.19. The number of para-hydroxylation sites is 1. The number of rotatable bonds is 5. The summed E-state index contributed by atoms with van der Waals surface area (Å²) in [5.41, 5.74) is 2.60. The van der Waals surface area contributed by atoms with Crippen molar-refractivity contribution >= 4 is 17.4 Å². The Balaban J connectivity index is 2.30. The Morgan fingerprint density at radius 2 is 1.79 bits per heavy atom. The van der Waals surface area contributed by atoms with Gasteiger partial charge in [-0.05, 0) is 30.9 Å². The highest BCUT2D eigenvalue weighted by atomic mass is 16.2. The van der Waals surface area contributed by atoms with Crippen molar-refractivity contribution in [1.29, 1.82) is 0 Å². The Morgan fingerprint density at radius 3 is 2.42 bits per heavy atom. The number of carbonyl (C=O) groups is 1. The molecule has 1 amide bonds. The standard InChI is InChI=1S/C19H26N4O/c1-6-23(7-2)18(24)16-12-17(21-13-20-16)22-15-11-9-8-10-14(15)19(3,4)5/h8-13H,6-7H2,1-5H3,(H,20,21,22). The Bertz CT molecular complexity index is 703. The van der Waals surface area contributed by atoms with Crippen LogP contribution in [0.5, 0.6) is 0 Å². The number of amides is 1. The third-order valence-electron chi connectivity index (χ3n) is 3.93. The molecule has 0 spiro atoms. The number of carbonyl (C=O) groups excluding carboxylic acids is 1. The summed E-state index contributed by atoms with van der Waals surface area (Å²) >= 11 is 0. The molecule has 0 aliphatic heterocycles. The van der Waals surface area contributed by atoms with Gasteiger partial charge in [0.25, 0.3) is 5.91 Å². The molecule has 0 unspecified atom stereocenters. The maximum atomic E-state index is 12.4. The van der Waals surface area contributed by atoms with Gasteiger partial charge in [0.15, 0.2) is 0 Å². The number of nitrogens with zero attached hydrogens (tertiary/aromatic N) is 3. The van der Waals surface area contributed by atoms with Crippen molar-refractivity contribution in [1.82, 2.24) is 14.9 Å². The summed E-state index contributed by atoms with van der Waals surface area (Å²) in [7, 11) is 0. The van der Waals surface area contributed by atoms with E-state index in [2.05, 4.69) is 42.1 Å². The topological polar surface area (TPSA) is 58.1 Å². The van der Waals surface area contributed by atoms with Gasteiger partial charge in [0, 0.05) is 24.8 Å². The Hall–Kier alpha value is -2.43. The zero-order valence-corrected chi connectivity index (χ0v) is 15.1. The van der Waals surface area contributed by atoms with Gasteiger partial charge in [-0.15, -0.1) is 0 Å². The first-order chi connectivity index (χ1) is 11.4. The monoisotopic (exact) mass is 326 g/mol. The minimum Gasteiger partial charge on any atom is -0.340 e. The summed E-state index contributed by atoms with van der Waals surface area (Å²) in [6, 6.07) is 9.85. The molecule has 0 bridgehead atoms. The molecule has 0 saturated carbocycles. The zero-order chi connectivity index (χ0) is 17.7. The van der Waals surface area contributed by atoms with Gasteiger partial charge in [-0.2, -0.15) is 0 Å². The van der Waals surface area contributed by atoms with Gasteiger partial charge < -0.3 is 10.2 Å². The summed E-state index contributed by atoms with van der Waals surface area (Å²) in [6.07, 6.45) is 1.43. The van der Waals surface area contributed by atoms with Gasteiger partial charge >= 0.3 is 0 Å². The highest BCUT2D eigenvalue weighted by Crippen LogP contribution is 2.30. The fraction of sp³-hybridized carbons (Fsp3) is 0.421.